The van der Waals surface area contributed by atoms with Crippen LogP contribution in [0.3, 0.4) is 0 Å². The molecule has 4 atom stereocenters. The number of alkyl carbamates (subject to hydrolysis) is 1. The third kappa shape index (κ3) is 10.8. The highest BCUT2D eigenvalue weighted by Gasteiger charge is 2.52. The minimum Gasteiger partial charge on any atom is -0.444 e. The summed E-state index contributed by atoms with van der Waals surface area (Å²) in [5.41, 5.74) is 4.75. The van der Waals surface area contributed by atoms with Gasteiger partial charge in [-0.1, -0.05) is 0 Å². The Balaban J connectivity index is 1.65. The van der Waals surface area contributed by atoms with Crippen molar-refractivity contribution >= 4 is 6.09 Å². The molecule has 2 aliphatic heterocycles. The standard InChI is InChI=1S/C22H42N2O9/c1-21(2,3)33-20(25)24-16-14-30-17(19-18(16)31-22(4,5)32-19)15-29-13-12-28-11-10-27-9-8-26-7-6-23/h16-19H,6-15,23H2,1-5H3,(H,24,25)/t16-,17+,18+,19-/m0/s1. The maximum absolute atomic E-state index is 12.2. The van der Waals surface area contributed by atoms with E-state index in [1.54, 1.807) is 0 Å². The average Bonchev–Trinajstić information content (AvgIpc) is 3.04. The third-order valence-corrected chi connectivity index (χ3v) is 4.78. The van der Waals surface area contributed by atoms with Crippen LogP contribution in [0.1, 0.15) is 34.6 Å². The van der Waals surface area contributed by atoms with Crippen LogP contribution in [-0.2, 0) is 37.9 Å². The van der Waals surface area contributed by atoms with Crippen LogP contribution in [-0.4, -0.2) is 108 Å². The lowest BCUT2D eigenvalue weighted by atomic mass is 9.98. The van der Waals surface area contributed by atoms with E-state index in [0.717, 1.165) is 0 Å². The van der Waals surface area contributed by atoms with E-state index in [-0.39, 0.29) is 31.0 Å². The van der Waals surface area contributed by atoms with Crippen LogP contribution >= 0.6 is 0 Å². The Bertz CT molecular complexity index is 571. The van der Waals surface area contributed by atoms with Crippen LogP contribution in [0.4, 0.5) is 4.79 Å². The van der Waals surface area contributed by atoms with Gasteiger partial charge in [0.25, 0.3) is 0 Å². The fraction of sp³-hybridized carbons (Fsp3) is 0.955. The molecule has 33 heavy (non-hydrogen) atoms. The summed E-state index contributed by atoms with van der Waals surface area (Å²) < 4.78 is 45.3. The van der Waals surface area contributed by atoms with E-state index in [9.17, 15) is 4.79 Å². The maximum Gasteiger partial charge on any atom is 0.408 e. The Labute approximate surface area is 196 Å². The number of hydrogen-bond donors (Lipinski definition) is 2. The van der Waals surface area contributed by atoms with Crippen molar-refractivity contribution in [3.8, 4) is 0 Å². The number of ether oxygens (including phenoxy) is 8. The normalized spacial score (nSPS) is 26.7. The minimum atomic E-state index is -0.784. The maximum atomic E-state index is 12.2. The van der Waals surface area contributed by atoms with Crippen molar-refractivity contribution in [2.24, 2.45) is 5.73 Å². The van der Waals surface area contributed by atoms with Crippen molar-refractivity contribution in [3.63, 3.8) is 0 Å². The van der Waals surface area contributed by atoms with Gasteiger partial charge in [-0.15, -0.1) is 0 Å². The number of hydrogen-bond acceptors (Lipinski definition) is 10. The van der Waals surface area contributed by atoms with Gasteiger partial charge in [0.15, 0.2) is 5.79 Å². The molecule has 2 rings (SSSR count). The summed E-state index contributed by atoms with van der Waals surface area (Å²) in [6.07, 6.45) is -1.56. The van der Waals surface area contributed by atoms with Gasteiger partial charge >= 0.3 is 6.09 Å². The van der Waals surface area contributed by atoms with Crippen LogP contribution in [0.5, 0.6) is 0 Å². The van der Waals surface area contributed by atoms with Crippen LogP contribution in [0.25, 0.3) is 0 Å². The molecule has 0 aromatic rings. The van der Waals surface area contributed by atoms with Gasteiger partial charge in [0.1, 0.15) is 23.9 Å². The summed E-state index contributed by atoms with van der Waals surface area (Å²) in [5, 5.41) is 2.84. The minimum absolute atomic E-state index is 0.275. The Morgan fingerprint density at radius 3 is 2.06 bits per heavy atom. The number of amides is 1. The van der Waals surface area contributed by atoms with Gasteiger partial charge in [0.05, 0.1) is 65.5 Å². The molecule has 0 spiro atoms. The molecule has 194 valence electrons. The Hall–Kier alpha value is -1.05. The SMILES string of the molecule is CC(C)(C)OC(=O)N[C@H]1CO[C@H](COCCOCCOCCOCCN)[C@@H]2OC(C)(C)O[C@@H]21. The lowest BCUT2D eigenvalue weighted by molar-refractivity contribution is -0.160. The molecule has 0 bridgehead atoms. The van der Waals surface area contributed by atoms with E-state index in [2.05, 4.69) is 5.32 Å². The summed E-state index contributed by atoms with van der Waals surface area (Å²) in [4.78, 5) is 12.2. The molecule has 2 aliphatic rings. The Morgan fingerprint density at radius 2 is 1.48 bits per heavy atom. The fourth-order valence-corrected chi connectivity index (χ4v) is 3.50. The van der Waals surface area contributed by atoms with E-state index in [4.69, 9.17) is 43.6 Å². The number of nitrogens with one attached hydrogen (secondary N) is 1. The summed E-state index contributed by atoms with van der Waals surface area (Å²) in [6.45, 7) is 13.7. The van der Waals surface area contributed by atoms with Gasteiger partial charge in [0, 0.05) is 6.54 Å². The molecule has 2 saturated heterocycles. The lowest BCUT2D eigenvalue weighted by Crippen LogP contribution is -2.59. The average molecular weight is 479 g/mol. The van der Waals surface area contributed by atoms with Crippen LogP contribution in [0, 0.1) is 0 Å². The first-order valence-corrected chi connectivity index (χ1v) is 11.6. The van der Waals surface area contributed by atoms with Crippen molar-refractivity contribution < 1.29 is 42.7 Å². The van der Waals surface area contributed by atoms with Crippen LogP contribution in [0.15, 0.2) is 0 Å². The van der Waals surface area contributed by atoms with E-state index in [1.165, 1.54) is 0 Å². The van der Waals surface area contributed by atoms with Gasteiger partial charge in [-0.3, -0.25) is 0 Å². The second-order valence-corrected chi connectivity index (χ2v) is 9.39. The molecule has 11 nitrogen and oxygen atoms in total. The Kier molecular flexibility index (Phi) is 11.7. The van der Waals surface area contributed by atoms with Gasteiger partial charge in [0.2, 0.25) is 0 Å². The van der Waals surface area contributed by atoms with E-state index in [1.807, 2.05) is 34.6 Å². The number of rotatable bonds is 14. The first-order chi connectivity index (χ1) is 15.6. The molecular weight excluding hydrogens is 436 g/mol. The third-order valence-electron chi connectivity index (χ3n) is 4.78. The van der Waals surface area contributed by atoms with Gasteiger partial charge < -0.3 is 48.9 Å². The zero-order valence-corrected chi connectivity index (χ0v) is 20.6. The fourth-order valence-electron chi connectivity index (χ4n) is 3.50. The zero-order chi connectivity index (χ0) is 24.3. The first kappa shape index (κ1) is 28.2. The van der Waals surface area contributed by atoms with Gasteiger partial charge in [-0.05, 0) is 34.6 Å². The molecule has 0 aromatic carbocycles. The van der Waals surface area contributed by atoms with Crippen molar-refractivity contribution in [3.05, 3.63) is 0 Å². The predicted molar refractivity (Wildman–Crippen MR) is 119 cm³/mol. The molecule has 3 N–H and O–H groups in total. The number of fused-ring (bicyclic) bond motifs is 1. The van der Waals surface area contributed by atoms with Crippen molar-refractivity contribution in [2.45, 2.75) is 70.4 Å². The van der Waals surface area contributed by atoms with Gasteiger partial charge in [-0.25, -0.2) is 4.79 Å². The van der Waals surface area contributed by atoms with Crippen molar-refractivity contribution in [2.75, 3.05) is 66.0 Å². The topological polar surface area (TPSA) is 129 Å². The largest absolute Gasteiger partial charge is 0.444 e. The molecule has 2 fully saturated rings. The molecule has 0 radical (unpaired) electrons. The van der Waals surface area contributed by atoms with Crippen LogP contribution in [0.2, 0.25) is 0 Å². The number of carbonyl (C=O) groups is 1. The molecule has 0 saturated carbocycles. The number of carbonyl (C=O) groups excluding carboxylic acids is 1. The summed E-state index contributed by atoms with van der Waals surface area (Å²) in [6, 6.07) is -0.382. The number of nitrogens with two attached hydrogens (primary N) is 1. The van der Waals surface area contributed by atoms with E-state index in [0.29, 0.717) is 59.4 Å². The summed E-state index contributed by atoms with van der Waals surface area (Å²) in [7, 11) is 0. The quantitative estimate of drug-likeness (QED) is 0.346. The van der Waals surface area contributed by atoms with E-state index >= 15 is 0 Å². The second-order valence-electron chi connectivity index (χ2n) is 9.39. The molecule has 1 amide bonds. The molecular formula is C22H42N2O9. The smallest absolute Gasteiger partial charge is 0.408 e. The second kappa shape index (κ2) is 13.7. The lowest BCUT2D eigenvalue weighted by Gasteiger charge is -2.37. The molecule has 0 unspecified atom stereocenters. The monoisotopic (exact) mass is 478 g/mol. The zero-order valence-electron chi connectivity index (χ0n) is 20.6. The summed E-state index contributed by atoms with van der Waals surface area (Å²) in [5.74, 6) is -0.784. The molecule has 0 aromatic heterocycles. The van der Waals surface area contributed by atoms with E-state index < -0.39 is 17.5 Å². The van der Waals surface area contributed by atoms with Crippen LogP contribution < -0.4 is 11.1 Å². The van der Waals surface area contributed by atoms with Crippen molar-refractivity contribution in [1.82, 2.24) is 5.32 Å². The highest BCUT2D eigenvalue weighted by Crippen LogP contribution is 2.35. The van der Waals surface area contributed by atoms with Gasteiger partial charge in [-0.2, -0.15) is 0 Å². The first-order valence-electron chi connectivity index (χ1n) is 11.6. The molecule has 11 heteroatoms. The summed E-state index contributed by atoms with van der Waals surface area (Å²) >= 11 is 0. The molecule has 0 aliphatic carbocycles. The highest BCUT2D eigenvalue weighted by atomic mass is 16.8. The predicted octanol–water partition coefficient (Wildman–Crippen LogP) is 0.824. The molecule has 2 heterocycles. The Morgan fingerprint density at radius 1 is 0.939 bits per heavy atom. The van der Waals surface area contributed by atoms with Crippen molar-refractivity contribution in [1.29, 1.82) is 0 Å². The highest BCUT2D eigenvalue weighted by molar-refractivity contribution is 5.68.